The van der Waals surface area contributed by atoms with Crippen molar-refractivity contribution in [2.75, 3.05) is 56.3 Å². The van der Waals surface area contributed by atoms with E-state index >= 15 is 0 Å². The van der Waals surface area contributed by atoms with Gasteiger partial charge < -0.3 is 25.6 Å². The average molecular weight is 290 g/mol. The van der Waals surface area contributed by atoms with E-state index in [1.54, 1.807) is 6.07 Å². The monoisotopic (exact) mass is 290 g/mol. The van der Waals surface area contributed by atoms with Gasteiger partial charge in [0, 0.05) is 26.2 Å². The lowest BCUT2D eigenvalue weighted by atomic mass is 10.1. The first-order valence-corrected chi connectivity index (χ1v) is 7.29. The number of carbonyl (C=O) groups excluding carboxylic acids is 1. The quantitative estimate of drug-likeness (QED) is 0.812. The number of ether oxygens (including phenoxy) is 1. The summed E-state index contributed by atoms with van der Waals surface area (Å²) in [6, 6.07) is 3.70. The SMILES string of the molecule is CN1CCC(CN(C)c2cc3c(cc2N)OCC(=O)N3)C1. The van der Waals surface area contributed by atoms with Gasteiger partial charge in [-0.1, -0.05) is 0 Å². The second-order valence-corrected chi connectivity index (χ2v) is 6.04. The number of hydrogen-bond acceptors (Lipinski definition) is 5. The number of fused-ring (bicyclic) bond motifs is 1. The third-order valence-corrected chi connectivity index (χ3v) is 4.19. The van der Waals surface area contributed by atoms with E-state index in [1.165, 1.54) is 6.42 Å². The molecule has 6 nitrogen and oxygen atoms in total. The second kappa shape index (κ2) is 5.44. The molecular weight excluding hydrogens is 268 g/mol. The summed E-state index contributed by atoms with van der Waals surface area (Å²) < 4.78 is 5.38. The molecule has 2 aliphatic rings. The summed E-state index contributed by atoms with van der Waals surface area (Å²) in [5.74, 6) is 1.17. The number of anilines is 3. The Bertz CT molecular complexity index is 561. The summed E-state index contributed by atoms with van der Waals surface area (Å²) in [6.07, 6.45) is 1.21. The van der Waals surface area contributed by atoms with Gasteiger partial charge >= 0.3 is 0 Å². The predicted molar refractivity (Wildman–Crippen MR) is 83.9 cm³/mol. The topological polar surface area (TPSA) is 70.8 Å². The molecule has 0 saturated carbocycles. The van der Waals surface area contributed by atoms with Crippen LogP contribution in [-0.2, 0) is 4.79 Å². The Morgan fingerprint density at radius 1 is 1.52 bits per heavy atom. The second-order valence-electron chi connectivity index (χ2n) is 6.04. The maximum atomic E-state index is 11.4. The minimum absolute atomic E-state index is 0.0516. The van der Waals surface area contributed by atoms with Crippen LogP contribution in [0.1, 0.15) is 6.42 Å². The maximum Gasteiger partial charge on any atom is 0.262 e. The normalized spacial score (nSPS) is 21.6. The molecule has 0 spiro atoms. The van der Waals surface area contributed by atoms with Crippen LogP contribution in [0.4, 0.5) is 17.1 Å². The smallest absolute Gasteiger partial charge is 0.262 e. The zero-order valence-corrected chi connectivity index (χ0v) is 12.6. The number of nitrogens with one attached hydrogen (secondary N) is 1. The van der Waals surface area contributed by atoms with Crippen molar-refractivity contribution in [3.8, 4) is 5.75 Å². The summed E-state index contributed by atoms with van der Waals surface area (Å²) >= 11 is 0. The van der Waals surface area contributed by atoms with Gasteiger partial charge in [-0.05, 0) is 32.0 Å². The molecule has 3 rings (SSSR count). The van der Waals surface area contributed by atoms with Gasteiger partial charge in [0.05, 0.1) is 17.1 Å². The van der Waals surface area contributed by atoms with Gasteiger partial charge in [0.25, 0.3) is 5.91 Å². The van der Waals surface area contributed by atoms with Crippen LogP contribution in [0.25, 0.3) is 0 Å². The van der Waals surface area contributed by atoms with Crippen molar-refractivity contribution in [1.82, 2.24) is 4.90 Å². The molecule has 1 aromatic carbocycles. The zero-order chi connectivity index (χ0) is 15.0. The number of hydrogen-bond donors (Lipinski definition) is 2. The number of amides is 1. The van der Waals surface area contributed by atoms with E-state index in [9.17, 15) is 4.79 Å². The fraction of sp³-hybridized carbons (Fsp3) is 0.533. The molecule has 114 valence electrons. The fourth-order valence-corrected chi connectivity index (χ4v) is 3.12. The molecule has 1 unspecified atom stereocenters. The Kier molecular flexibility index (Phi) is 3.63. The van der Waals surface area contributed by atoms with Crippen LogP contribution in [0.5, 0.6) is 5.75 Å². The standard InChI is InChI=1S/C15H22N4O2/c1-18-4-3-10(7-18)8-19(2)13-6-12-14(5-11(13)16)21-9-15(20)17-12/h5-6,10H,3-4,7-9,16H2,1-2H3,(H,17,20). The molecule has 1 fully saturated rings. The highest BCUT2D eigenvalue weighted by atomic mass is 16.5. The van der Waals surface area contributed by atoms with Crippen molar-refractivity contribution in [3.63, 3.8) is 0 Å². The Morgan fingerprint density at radius 3 is 3.05 bits per heavy atom. The average Bonchev–Trinajstić information content (AvgIpc) is 2.83. The largest absolute Gasteiger partial charge is 0.482 e. The highest BCUT2D eigenvalue weighted by Gasteiger charge is 2.23. The van der Waals surface area contributed by atoms with Crippen molar-refractivity contribution < 1.29 is 9.53 Å². The first-order chi connectivity index (χ1) is 10.0. The third-order valence-electron chi connectivity index (χ3n) is 4.19. The number of nitrogen functional groups attached to an aromatic ring is 1. The minimum atomic E-state index is -0.127. The number of benzene rings is 1. The van der Waals surface area contributed by atoms with Crippen LogP contribution in [-0.4, -0.2) is 51.1 Å². The van der Waals surface area contributed by atoms with Crippen LogP contribution >= 0.6 is 0 Å². The molecule has 2 aliphatic heterocycles. The summed E-state index contributed by atoms with van der Waals surface area (Å²) in [7, 11) is 4.20. The molecule has 1 aromatic rings. The zero-order valence-electron chi connectivity index (χ0n) is 12.6. The van der Waals surface area contributed by atoms with E-state index in [1.807, 2.05) is 13.1 Å². The summed E-state index contributed by atoms with van der Waals surface area (Å²) in [5, 5.41) is 2.83. The molecule has 6 heteroatoms. The number of likely N-dealkylation sites (tertiary alicyclic amines) is 1. The lowest BCUT2D eigenvalue weighted by molar-refractivity contribution is -0.118. The van der Waals surface area contributed by atoms with Crippen molar-refractivity contribution in [2.45, 2.75) is 6.42 Å². The van der Waals surface area contributed by atoms with E-state index < -0.39 is 0 Å². The Hall–Kier alpha value is -1.95. The fourth-order valence-electron chi connectivity index (χ4n) is 3.12. The van der Waals surface area contributed by atoms with E-state index in [2.05, 4.69) is 22.2 Å². The van der Waals surface area contributed by atoms with Gasteiger partial charge in [0.15, 0.2) is 6.61 Å². The lowest BCUT2D eigenvalue weighted by Gasteiger charge is -2.27. The molecule has 21 heavy (non-hydrogen) atoms. The molecule has 0 aromatic heterocycles. The molecule has 2 heterocycles. The van der Waals surface area contributed by atoms with Crippen molar-refractivity contribution in [1.29, 1.82) is 0 Å². The van der Waals surface area contributed by atoms with Crippen LogP contribution < -0.4 is 20.7 Å². The molecule has 0 aliphatic carbocycles. The number of carbonyl (C=O) groups is 1. The maximum absolute atomic E-state index is 11.4. The van der Waals surface area contributed by atoms with Crippen LogP contribution in [0.2, 0.25) is 0 Å². The van der Waals surface area contributed by atoms with Crippen LogP contribution in [0, 0.1) is 5.92 Å². The van der Waals surface area contributed by atoms with Gasteiger partial charge in [-0.15, -0.1) is 0 Å². The number of nitrogens with two attached hydrogens (primary N) is 1. The van der Waals surface area contributed by atoms with E-state index in [4.69, 9.17) is 10.5 Å². The molecule has 1 amide bonds. The summed E-state index contributed by atoms with van der Waals surface area (Å²) in [5.41, 5.74) is 8.46. The van der Waals surface area contributed by atoms with Crippen LogP contribution in [0.3, 0.4) is 0 Å². The molecule has 0 radical (unpaired) electrons. The Morgan fingerprint density at radius 2 is 2.33 bits per heavy atom. The van der Waals surface area contributed by atoms with Crippen LogP contribution in [0.15, 0.2) is 12.1 Å². The molecule has 1 saturated heterocycles. The van der Waals surface area contributed by atoms with Gasteiger partial charge in [0.1, 0.15) is 5.75 Å². The third kappa shape index (κ3) is 2.90. The minimum Gasteiger partial charge on any atom is -0.482 e. The molecule has 1 atom stereocenters. The number of rotatable bonds is 3. The van der Waals surface area contributed by atoms with Gasteiger partial charge in [-0.2, -0.15) is 0 Å². The lowest BCUT2D eigenvalue weighted by Crippen LogP contribution is -2.29. The van der Waals surface area contributed by atoms with Crippen molar-refractivity contribution >= 4 is 23.0 Å². The van der Waals surface area contributed by atoms with Crippen molar-refractivity contribution in [3.05, 3.63) is 12.1 Å². The van der Waals surface area contributed by atoms with Gasteiger partial charge in [-0.25, -0.2) is 0 Å². The first kappa shape index (κ1) is 14.0. The van der Waals surface area contributed by atoms with Crippen molar-refractivity contribution in [2.24, 2.45) is 5.92 Å². The molecule has 0 bridgehead atoms. The van der Waals surface area contributed by atoms with E-state index in [-0.39, 0.29) is 12.5 Å². The highest BCUT2D eigenvalue weighted by molar-refractivity contribution is 5.97. The predicted octanol–water partition coefficient (Wildman–Crippen LogP) is 0.988. The summed E-state index contributed by atoms with van der Waals surface area (Å²) in [4.78, 5) is 15.9. The van der Waals surface area contributed by atoms with E-state index in [0.717, 1.165) is 25.3 Å². The van der Waals surface area contributed by atoms with Gasteiger partial charge in [-0.3, -0.25) is 4.79 Å². The highest BCUT2D eigenvalue weighted by Crippen LogP contribution is 2.37. The molecular formula is C15H22N4O2. The Labute approximate surface area is 124 Å². The van der Waals surface area contributed by atoms with Gasteiger partial charge in [0.2, 0.25) is 0 Å². The summed E-state index contributed by atoms with van der Waals surface area (Å²) in [6.45, 7) is 3.29. The first-order valence-electron chi connectivity index (χ1n) is 7.29. The van der Waals surface area contributed by atoms with E-state index in [0.29, 0.717) is 23.0 Å². The number of nitrogens with zero attached hydrogens (tertiary/aromatic N) is 2. The Balaban J connectivity index is 1.78. The molecule has 3 N–H and O–H groups in total.